The molecule has 2 aliphatic heterocycles. The molecule has 0 saturated carbocycles. The van der Waals surface area contributed by atoms with E-state index in [-0.39, 0.29) is 12.0 Å². The van der Waals surface area contributed by atoms with Crippen molar-refractivity contribution >= 4 is 11.9 Å². The Balaban J connectivity index is 2.34. The lowest BCUT2D eigenvalue weighted by atomic mass is 9.87. The molecule has 3 atom stereocenters. The Hall–Kier alpha value is -1.10. The van der Waals surface area contributed by atoms with Crippen LogP contribution in [0, 0.1) is 5.92 Å². The Morgan fingerprint density at radius 3 is 2.47 bits per heavy atom. The highest BCUT2D eigenvalue weighted by Gasteiger charge is 2.87. The maximum atomic E-state index is 11.6. The van der Waals surface area contributed by atoms with Crippen molar-refractivity contribution in [3.8, 4) is 0 Å². The first-order valence-corrected chi connectivity index (χ1v) is 4.90. The Morgan fingerprint density at radius 2 is 2.13 bits per heavy atom. The lowest BCUT2D eigenvalue weighted by molar-refractivity contribution is -0.166. The van der Waals surface area contributed by atoms with Gasteiger partial charge in [0, 0.05) is 0 Å². The average Bonchev–Trinajstić information content (AvgIpc) is 2.75. The number of epoxide rings is 1. The summed E-state index contributed by atoms with van der Waals surface area (Å²) >= 11 is 0. The van der Waals surface area contributed by atoms with Crippen LogP contribution in [-0.2, 0) is 23.8 Å². The molecule has 84 valence electrons. The quantitative estimate of drug-likeness (QED) is 0.375. The minimum absolute atomic E-state index is 0.105. The summed E-state index contributed by atoms with van der Waals surface area (Å²) in [6, 6.07) is 0. The molecule has 0 spiro atoms. The van der Waals surface area contributed by atoms with E-state index in [1.807, 2.05) is 13.8 Å². The molecule has 5 nitrogen and oxygen atoms in total. The molecule has 2 rings (SSSR count). The van der Waals surface area contributed by atoms with Gasteiger partial charge in [-0.05, 0) is 12.8 Å². The molecule has 1 unspecified atom stereocenters. The molecular weight excluding hydrogens is 200 g/mol. The molecule has 0 aliphatic carbocycles. The highest BCUT2D eigenvalue weighted by atomic mass is 16.7. The molecule has 0 aromatic heterocycles. The van der Waals surface area contributed by atoms with Crippen molar-refractivity contribution in [3.63, 3.8) is 0 Å². The molecular formula is C10H14O5. The summed E-state index contributed by atoms with van der Waals surface area (Å²) in [4.78, 5) is 23.1. The van der Waals surface area contributed by atoms with Gasteiger partial charge in [0.2, 0.25) is 0 Å². The number of carbonyl (C=O) groups is 2. The standard InChI is InChI=1S/C10H14O5/c1-5(2)6-9(3)10(15-9,7(11)13-4)8(12)14-6/h5-6H,1-4H3/t6?,9-,10+/m1/s1. The van der Waals surface area contributed by atoms with Crippen LogP contribution >= 0.6 is 0 Å². The second kappa shape index (κ2) is 2.72. The minimum Gasteiger partial charge on any atom is -0.466 e. The molecule has 0 aromatic carbocycles. The SMILES string of the molecule is COC(=O)[C@@]12O[C@]1(C)C(C(C)C)OC2=O. The van der Waals surface area contributed by atoms with Crippen LogP contribution in [0.15, 0.2) is 0 Å². The largest absolute Gasteiger partial charge is 0.466 e. The van der Waals surface area contributed by atoms with Crippen molar-refractivity contribution < 1.29 is 23.8 Å². The van der Waals surface area contributed by atoms with Gasteiger partial charge in [-0.1, -0.05) is 13.8 Å². The van der Waals surface area contributed by atoms with Gasteiger partial charge in [0.1, 0.15) is 6.10 Å². The second-order valence-electron chi connectivity index (χ2n) is 4.45. The summed E-state index contributed by atoms with van der Waals surface area (Å²) in [5.41, 5.74) is -2.36. The molecule has 2 aliphatic rings. The first-order valence-electron chi connectivity index (χ1n) is 4.90. The molecule has 2 heterocycles. The number of cyclic esters (lactones) is 1. The summed E-state index contributed by atoms with van der Waals surface area (Å²) in [5.74, 6) is -1.19. The Kier molecular flexibility index (Phi) is 1.89. The first kappa shape index (κ1) is 10.4. The maximum Gasteiger partial charge on any atom is 0.354 e. The van der Waals surface area contributed by atoms with Gasteiger partial charge in [-0.25, -0.2) is 9.59 Å². The van der Waals surface area contributed by atoms with Crippen molar-refractivity contribution in [1.82, 2.24) is 0 Å². The number of esters is 2. The fraction of sp³-hybridized carbons (Fsp3) is 0.800. The van der Waals surface area contributed by atoms with E-state index < -0.39 is 23.1 Å². The normalized spacial score (nSPS) is 42.5. The molecule has 5 heteroatoms. The van der Waals surface area contributed by atoms with Crippen molar-refractivity contribution in [2.75, 3.05) is 7.11 Å². The van der Waals surface area contributed by atoms with Crippen molar-refractivity contribution in [2.45, 2.75) is 38.1 Å². The highest BCUT2D eigenvalue weighted by Crippen LogP contribution is 2.59. The third-order valence-electron chi connectivity index (χ3n) is 3.17. The van der Waals surface area contributed by atoms with E-state index in [4.69, 9.17) is 9.47 Å². The van der Waals surface area contributed by atoms with Crippen molar-refractivity contribution in [2.24, 2.45) is 5.92 Å². The minimum atomic E-state index is -1.50. The number of hydrogen-bond acceptors (Lipinski definition) is 5. The van der Waals surface area contributed by atoms with Crippen LogP contribution in [0.2, 0.25) is 0 Å². The number of fused-ring (bicyclic) bond motifs is 1. The summed E-state index contributed by atoms with van der Waals surface area (Å²) < 4.78 is 15.0. The molecule has 0 aromatic rings. The van der Waals surface area contributed by atoms with E-state index in [2.05, 4.69) is 4.74 Å². The maximum absolute atomic E-state index is 11.6. The van der Waals surface area contributed by atoms with Crippen LogP contribution in [0.5, 0.6) is 0 Å². The van der Waals surface area contributed by atoms with E-state index in [0.717, 1.165) is 0 Å². The van der Waals surface area contributed by atoms with Crippen LogP contribution in [0.4, 0.5) is 0 Å². The fourth-order valence-corrected chi connectivity index (χ4v) is 2.35. The van der Waals surface area contributed by atoms with E-state index in [1.54, 1.807) is 6.92 Å². The monoisotopic (exact) mass is 214 g/mol. The third-order valence-corrected chi connectivity index (χ3v) is 3.17. The van der Waals surface area contributed by atoms with E-state index in [1.165, 1.54) is 7.11 Å². The Bertz CT molecular complexity index is 337. The van der Waals surface area contributed by atoms with Gasteiger partial charge in [0.15, 0.2) is 5.60 Å². The van der Waals surface area contributed by atoms with Gasteiger partial charge < -0.3 is 14.2 Å². The number of hydrogen-bond donors (Lipinski definition) is 0. The zero-order chi connectivity index (χ0) is 11.4. The summed E-state index contributed by atoms with van der Waals surface area (Å²) in [6.45, 7) is 5.54. The van der Waals surface area contributed by atoms with Crippen molar-refractivity contribution in [3.05, 3.63) is 0 Å². The van der Waals surface area contributed by atoms with Gasteiger partial charge >= 0.3 is 11.9 Å². The summed E-state index contributed by atoms with van der Waals surface area (Å²) in [6.07, 6.45) is -0.385. The Morgan fingerprint density at radius 1 is 1.53 bits per heavy atom. The topological polar surface area (TPSA) is 65.1 Å². The Labute approximate surface area is 87.7 Å². The molecule has 2 saturated heterocycles. The predicted octanol–water partition coefficient (Wildman–Crippen LogP) is 0.268. The molecule has 0 amide bonds. The van der Waals surface area contributed by atoms with Gasteiger partial charge in [-0.3, -0.25) is 0 Å². The van der Waals surface area contributed by atoms with E-state index >= 15 is 0 Å². The van der Waals surface area contributed by atoms with Crippen LogP contribution in [0.1, 0.15) is 20.8 Å². The van der Waals surface area contributed by atoms with Gasteiger partial charge in [-0.2, -0.15) is 0 Å². The lowest BCUT2D eigenvalue weighted by Gasteiger charge is -2.19. The molecule has 0 bridgehead atoms. The lowest BCUT2D eigenvalue weighted by Crippen LogP contribution is -2.38. The smallest absolute Gasteiger partial charge is 0.354 e. The number of rotatable bonds is 2. The molecule has 2 fully saturated rings. The van der Waals surface area contributed by atoms with Gasteiger partial charge in [0.05, 0.1) is 7.11 Å². The zero-order valence-electron chi connectivity index (χ0n) is 9.20. The molecule has 15 heavy (non-hydrogen) atoms. The summed E-state index contributed by atoms with van der Waals surface area (Å²) in [7, 11) is 1.23. The number of ether oxygens (including phenoxy) is 3. The number of methoxy groups -OCH3 is 1. The van der Waals surface area contributed by atoms with Gasteiger partial charge in [-0.15, -0.1) is 0 Å². The van der Waals surface area contributed by atoms with E-state index in [9.17, 15) is 9.59 Å². The summed E-state index contributed by atoms with van der Waals surface area (Å²) in [5, 5.41) is 0. The average molecular weight is 214 g/mol. The second-order valence-corrected chi connectivity index (χ2v) is 4.45. The van der Waals surface area contributed by atoms with E-state index in [0.29, 0.717) is 0 Å². The van der Waals surface area contributed by atoms with Crippen LogP contribution in [-0.4, -0.2) is 36.4 Å². The predicted molar refractivity (Wildman–Crippen MR) is 49.0 cm³/mol. The van der Waals surface area contributed by atoms with Gasteiger partial charge in [0.25, 0.3) is 5.60 Å². The van der Waals surface area contributed by atoms with Crippen molar-refractivity contribution in [1.29, 1.82) is 0 Å². The van der Waals surface area contributed by atoms with Crippen LogP contribution in [0.25, 0.3) is 0 Å². The zero-order valence-corrected chi connectivity index (χ0v) is 9.20. The number of carbonyl (C=O) groups excluding carboxylic acids is 2. The molecule has 0 N–H and O–H groups in total. The van der Waals surface area contributed by atoms with Crippen LogP contribution in [0.3, 0.4) is 0 Å². The highest BCUT2D eigenvalue weighted by molar-refractivity contribution is 6.10. The first-order chi connectivity index (χ1) is 6.90. The van der Waals surface area contributed by atoms with Crippen LogP contribution < -0.4 is 0 Å². The molecule has 0 radical (unpaired) electrons. The fourth-order valence-electron chi connectivity index (χ4n) is 2.35. The third kappa shape index (κ3) is 0.963.